The molecular weight excluding hydrogens is 435 g/mol. The molecule has 1 aromatic heterocycles. The predicted molar refractivity (Wildman–Crippen MR) is 116 cm³/mol. The van der Waals surface area contributed by atoms with E-state index in [1.54, 1.807) is 6.92 Å². The number of benzene rings is 2. The number of amides is 1. The number of aliphatic hydroxyl groups excluding tert-OH is 2. The summed E-state index contributed by atoms with van der Waals surface area (Å²) in [5.41, 5.74) is 5.61. The molecule has 0 saturated carbocycles. The third-order valence-corrected chi connectivity index (χ3v) is 5.73. The summed E-state index contributed by atoms with van der Waals surface area (Å²) in [5, 5.41) is 24.2. The average molecular weight is 458 g/mol. The molecule has 10 nitrogen and oxygen atoms in total. The number of ether oxygens (including phenoxy) is 1. The zero-order chi connectivity index (χ0) is 23.7. The number of aromatic nitrogens is 2. The summed E-state index contributed by atoms with van der Waals surface area (Å²) in [4.78, 5) is 32.8. The van der Waals surface area contributed by atoms with Crippen molar-refractivity contribution in [3.05, 3.63) is 70.3 Å². The predicted octanol–water partition coefficient (Wildman–Crippen LogP) is 0.990. The third kappa shape index (κ3) is 4.18. The van der Waals surface area contributed by atoms with Crippen molar-refractivity contribution in [1.82, 2.24) is 14.9 Å². The number of halogens is 1. The largest absolute Gasteiger partial charge is 0.394 e. The van der Waals surface area contributed by atoms with Gasteiger partial charge in [-0.3, -0.25) is 9.36 Å². The van der Waals surface area contributed by atoms with E-state index in [-0.39, 0.29) is 11.4 Å². The number of carbonyl (C=O) groups is 1. The molecule has 0 spiro atoms. The Morgan fingerprint density at radius 3 is 2.79 bits per heavy atom. The van der Waals surface area contributed by atoms with Crippen molar-refractivity contribution in [2.24, 2.45) is 0 Å². The maximum atomic E-state index is 13.1. The smallest absolute Gasteiger partial charge is 0.351 e. The lowest BCUT2D eigenvalue weighted by molar-refractivity contribution is -0.221. The number of nitrogens with one attached hydrogen (secondary N) is 1. The molecule has 5 N–H and O–H groups in total. The van der Waals surface area contributed by atoms with Crippen LogP contribution in [0.2, 0.25) is 0 Å². The van der Waals surface area contributed by atoms with Crippen LogP contribution in [0.5, 0.6) is 0 Å². The minimum Gasteiger partial charge on any atom is -0.394 e. The first-order valence-corrected chi connectivity index (χ1v) is 10.2. The SMILES string of the molecule is CC(NC(=O)c1cn([C@@H]2O[C@H](CO)[C@H](O)[C@H]2OF)c(=O)nc1N)c1cccc2ccccc12. The van der Waals surface area contributed by atoms with E-state index in [2.05, 4.69) is 15.2 Å². The fraction of sp³-hybridized carbons (Fsp3) is 0.318. The quantitative estimate of drug-likeness (QED) is 0.427. The van der Waals surface area contributed by atoms with Crippen LogP contribution in [0.1, 0.15) is 35.1 Å². The first-order chi connectivity index (χ1) is 15.8. The molecule has 1 aliphatic rings. The van der Waals surface area contributed by atoms with Crippen molar-refractivity contribution < 1.29 is 29.2 Å². The summed E-state index contributed by atoms with van der Waals surface area (Å²) in [6.45, 7) is 1.17. The van der Waals surface area contributed by atoms with E-state index >= 15 is 0 Å². The van der Waals surface area contributed by atoms with Gasteiger partial charge in [-0.2, -0.15) is 9.93 Å². The van der Waals surface area contributed by atoms with Gasteiger partial charge >= 0.3 is 5.69 Å². The zero-order valence-electron chi connectivity index (χ0n) is 17.6. The van der Waals surface area contributed by atoms with E-state index in [9.17, 15) is 24.3 Å². The van der Waals surface area contributed by atoms with Crippen molar-refractivity contribution in [3.63, 3.8) is 0 Å². The molecule has 0 bridgehead atoms. The maximum Gasteiger partial charge on any atom is 0.351 e. The van der Waals surface area contributed by atoms with Crippen LogP contribution in [0.4, 0.5) is 10.3 Å². The summed E-state index contributed by atoms with van der Waals surface area (Å²) in [7, 11) is 0. The molecule has 33 heavy (non-hydrogen) atoms. The Morgan fingerprint density at radius 1 is 1.33 bits per heavy atom. The Labute approximate surface area is 187 Å². The molecule has 11 heteroatoms. The lowest BCUT2D eigenvalue weighted by Gasteiger charge is -2.20. The molecule has 1 amide bonds. The molecular formula is C22H23FN4O6. The minimum atomic E-state index is -1.62. The van der Waals surface area contributed by atoms with Gasteiger partial charge in [-0.25, -0.2) is 4.79 Å². The van der Waals surface area contributed by atoms with Crippen LogP contribution >= 0.6 is 0 Å². The first-order valence-electron chi connectivity index (χ1n) is 10.2. The topological polar surface area (TPSA) is 149 Å². The van der Waals surface area contributed by atoms with Crippen LogP contribution < -0.4 is 16.7 Å². The van der Waals surface area contributed by atoms with Crippen molar-refractivity contribution in [3.8, 4) is 0 Å². The second-order valence-electron chi connectivity index (χ2n) is 7.79. The van der Waals surface area contributed by atoms with Gasteiger partial charge in [0.05, 0.1) is 18.2 Å². The van der Waals surface area contributed by atoms with Crippen LogP contribution in [0.15, 0.2) is 53.5 Å². The number of nitrogens with two attached hydrogens (primary N) is 1. The highest BCUT2D eigenvalue weighted by Crippen LogP contribution is 2.31. The normalized spacial score (nSPS) is 23.5. The van der Waals surface area contributed by atoms with E-state index < -0.39 is 48.8 Å². The molecule has 3 aromatic rings. The second-order valence-corrected chi connectivity index (χ2v) is 7.79. The maximum absolute atomic E-state index is 13.1. The average Bonchev–Trinajstić information content (AvgIpc) is 3.13. The van der Waals surface area contributed by atoms with Gasteiger partial charge in [0, 0.05) is 6.20 Å². The lowest BCUT2D eigenvalue weighted by Crippen LogP contribution is -2.38. The van der Waals surface area contributed by atoms with Gasteiger partial charge in [0.2, 0.25) is 0 Å². The molecule has 0 aliphatic carbocycles. The minimum absolute atomic E-state index is 0.148. The highest BCUT2D eigenvalue weighted by molar-refractivity contribution is 5.98. The summed E-state index contributed by atoms with van der Waals surface area (Å²) in [6.07, 6.45) is -4.75. The third-order valence-electron chi connectivity index (χ3n) is 5.73. The highest BCUT2D eigenvalue weighted by atomic mass is 19.3. The summed E-state index contributed by atoms with van der Waals surface area (Å²) in [5.74, 6) is -0.946. The van der Waals surface area contributed by atoms with E-state index in [0.29, 0.717) is 0 Å². The van der Waals surface area contributed by atoms with Crippen molar-refractivity contribution in [2.45, 2.75) is 37.5 Å². The zero-order valence-corrected chi connectivity index (χ0v) is 17.6. The molecule has 174 valence electrons. The lowest BCUT2D eigenvalue weighted by atomic mass is 9.99. The molecule has 4 rings (SSSR count). The molecule has 1 saturated heterocycles. The van der Waals surface area contributed by atoms with Crippen LogP contribution in [0, 0.1) is 0 Å². The van der Waals surface area contributed by atoms with E-state index in [0.717, 1.165) is 27.1 Å². The molecule has 1 unspecified atom stereocenters. The van der Waals surface area contributed by atoms with Gasteiger partial charge in [0.1, 0.15) is 18.0 Å². The summed E-state index contributed by atoms with van der Waals surface area (Å²) in [6, 6.07) is 13.0. The molecule has 2 heterocycles. The fourth-order valence-electron chi connectivity index (χ4n) is 4.01. The van der Waals surface area contributed by atoms with E-state index in [1.807, 2.05) is 42.5 Å². The summed E-state index contributed by atoms with van der Waals surface area (Å²) >= 11 is 0. The van der Waals surface area contributed by atoms with Crippen LogP contribution in [-0.2, 0) is 9.68 Å². The van der Waals surface area contributed by atoms with Crippen LogP contribution in [0.25, 0.3) is 10.8 Å². The number of carbonyl (C=O) groups excluding carboxylic acids is 1. The Kier molecular flexibility index (Phi) is 6.38. The Hall–Kier alpha value is -3.38. The number of aliphatic hydroxyl groups is 2. The standard InChI is InChI=1S/C22H23FN4O6/c1-11(13-8-4-6-12-5-2-3-7-14(12)13)25-20(30)15-9-27(22(31)26-19(15)24)21-18(33-23)17(29)16(10-28)32-21/h2-9,11,16-18,21,28-29H,10H2,1H3,(H,25,30)(H2,24,26,31)/t11?,16-,17+,18-,21-/m1/s1. The van der Waals surface area contributed by atoms with E-state index in [4.69, 9.17) is 10.5 Å². The van der Waals surface area contributed by atoms with Crippen molar-refractivity contribution in [2.75, 3.05) is 12.3 Å². The van der Waals surface area contributed by atoms with Crippen molar-refractivity contribution in [1.29, 1.82) is 0 Å². The van der Waals surface area contributed by atoms with Crippen LogP contribution in [0.3, 0.4) is 0 Å². The number of nitrogen functional groups attached to an aromatic ring is 1. The Morgan fingerprint density at radius 2 is 2.06 bits per heavy atom. The molecule has 1 aliphatic heterocycles. The Bertz CT molecular complexity index is 1230. The monoisotopic (exact) mass is 458 g/mol. The van der Waals surface area contributed by atoms with Gasteiger partial charge in [0.15, 0.2) is 12.3 Å². The van der Waals surface area contributed by atoms with Crippen molar-refractivity contribution >= 4 is 22.5 Å². The number of anilines is 1. The number of hydrogen-bond acceptors (Lipinski definition) is 8. The summed E-state index contributed by atoms with van der Waals surface area (Å²) < 4.78 is 19.2. The first kappa shape index (κ1) is 22.8. The van der Waals surface area contributed by atoms with Gasteiger partial charge in [-0.1, -0.05) is 42.5 Å². The Balaban J connectivity index is 1.64. The van der Waals surface area contributed by atoms with Crippen LogP contribution in [-0.4, -0.2) is 50.6 Å². The van der Waals surface area contributed by atoms with Gasteiger partial charge in [-0.05, 0) is 27.8 Å². The van der Waals surface area contributed by atoms with E-state index in [1.165, 1.54) is 0 Å². The second kappa shape index (κ2) is 9.24. The fourth-order valence-corrected chi connectivity index (χ4v) is 4.01. The molecule has 5 atom stereocenters. The number of fused-ring (bicyclic) bond motifs is 1. The molecule has 0 radical (unpaired) electrons. The van der Waals surface area contributed by atoms with Gasteiger partial charge in [0.25, 0.3) is 5.91 Å². The van der Waals surface area contributed by atoms with Gasteiger partial charge < -0.3 is 26.0 Å². The number of nitrogens with zero attached hydrogens (tertiary/aromatic N) is 2. The highest BCUT2D eigenvalue weighted by Gasteiger charge is 2.47. The van der Waals surface area contributed by atoms with Gasteiger partial charge in [-0.15, -0.1) is 0 Å². The number of hydrogen-bond donors (Lipinski definition) is 4. The molecule has 2 aromatic carbocycles. The molecule has 1 fully saturated rings. The number of rotatable bonds is 6.